The maximum absolute atomic E-state index is 11.5. The number of carbonyl (C=O) groups is 1. The third-order valence-electron chi connectivity index (χ3n) is 2.38. The van der Waals surface area contributed by atoms with E-state index in [0.29, 0.717) is 13.0 Å². The Hall–Kier alpha value is -2.02. The Morgan fingerprint density at radius 3 is 2.94 bits per heavy atom. The molecule has 0 aliphatic heterocycles. The number of hydrogen-bond acceptors (Lipinski definition) is 4. The molecule has 7 heteroatoms. The monoisotopic (exact) mass is 253 g/mol. The van der Waals surface area contributed by atoms with E-state index < -0.39 is 11.7 Å². The molecule has 0 fully saturated rings. The lowest BCUT2D eigenvalue weighted by atomic mass is 10.3. The van der Waals surface area contributed by atoms with Crippen LogP contribution < -0.4 is 11.4 Å². The van der Waals surface area contributed by atoms with Gasteiger partial charge in [-0.3, -0.25) is 9.55 Å². The largest absolute Gasteiger partial charge is 0.476 e. The summed E-state index contributed by atoms with van der Waals surface area (Å²) in [4.78, 5) is 25.8. The van der Waals surface area contributed by atoms with Crippen molar-refractivity contribution in [2.75, 3.05) is 5.73 Å². The second kappa shape index (κ2) is 4.46. The van der Waals surface area contributed by atoms with Crippen LogP contribution in [0.4, 0.5) is 5.82 Å². The number of aryl methyl sites for hydroxylation is 1. The fraction of sp³-hybridized carbons (Fsp3) is 0.200. The smallest absolute Gasteiger partial charge is 0.356 e. The van der Waals surface area contributed by atoms with Crippen molar-refractivity contribution in [3.05, 3.63) is 38.6 Å². The lowest BCUT2D eigenvalue weighted by Crippen LogP contribution is -2.22. The van der Waals surface area contributed by atoms with Crippen molar-refractivity contribution < 1.29 is 9.90 Å². The Balaban J connectivity index is 2.26. The van der Waals surface area contributed by atoms with Crippen LogP contribution in [0.5, 0.6) is 0 Å². The van der Waals surface area contributed by atoms with Gasteiger partial charge in [-0.15, -0.1) is 11.3 Å². The molecule has 0 spiro atoms. The van der Waals surface area contributed by atoms with E-state index in [4.69, 9.17) is 10.8 Å². The minimum absolute atomic E-state index is 0.103. The molecule has 0 atom stereocenters. The number of imidazole rings is 1. The summed E-state index contributed by atoms with van der Waals surface area (Å²) in [5.74, 6) is -1.30. The Bertz CT molecular complexity index is 582. The zero-order chi connectivity index (χ0) is 12.4. The minimum atomic E-state index is -1.20. The summed E-state index contributed by atoms with van der Waals surface area (Å²) < 4.78 is 1.15. The highest BCUT2D eigenvalue weighted by molar-refractivity contribution is 7.09. The molecule has 0 bridgehead atoms. The Kier molecular flexibility index (Phi) is 3.01. The normalized spacial score (nSPS) is 10.6. The third-order valence-corrected chi connectivity index (χ3v) is 3.31. The van der Waals surface area contributed by atoms with Crippen LogP contribution in [0.3, 0.4) is 0 Å². The fourth-order valence-corrected chi connectivity index (χ4v) is 2.31. The predicted molar refractivity (Wildman–Crippen MR) is 64.4 cm³/mol. The molecule has 90 valence electrons. The lowest BCUT2D eigenvalue weighted by Gasteiger charge is -2.03. The van der Waals surface area contributed by atoms with Crippen LogP contribution in [0.25, 0.3) is 0 Å². The minimum Gasteiger partial charge on any atom is -0.476 e. The fourth-order valence-electron chi connectivity index (χ4n) is 1.61. The van der Waals surface area contributed by atoms with Gasteiger partial charge in [-0.2, -0.15) is 0 Å². The number of nitrogens with zero attached hydrogens (tertiary/aromatic N) is 1. The SMILES string of the molecule is Nc1[nH]c(=O)n(CCc2cccs2)c1C(=O)O. The molecular weight excluding hydrogens is 242 g/mol. The first-order valence-corrected chi connectivity index (χ1v) is 5.81. The molecule has 0 aromatic carbocycles. The maximum Gasteiger partial charge on any atom is 0.356 e. The van der Waals surface area contributed by atoms with E-state index in [1.807, 2.05) is 17.5 Å². The highest BCUT2D eigenvalue weighted by atomic mass is 32.1. The molecule has 0 unspecified atom stereocenters. The number of anilines is 1. The first kappa shape index (κ1) is 11.5. The van der Waals surface area contributed by atoms with Crippen molar-refractivity contribution in [3.63, 3.8) is 0 Å². The van der Waals surface area contributed by atoms with E-state index in [0.717, 1.165) is 9.44 Å². The van der Waals surface area contributed by atoms with Crippen molar-refractivity contribution in [2.45, 2.75) is 13.0 Å². The molecule has 4 N–H and O–H groups in total. The number of H-pyrrole nitrogens is 1. The van der Waals surface area contributed by atoms with Gasteiger partial charge in [-0.05, 0) is 17.9 Å². The number of hydrogen-bond donors (Lipinski definition) is 3. The van der Waals surface area contributed by atoms with Crippen molar-refractivity contribution in [3.8, 4) is 0 Å². The van der Waals surface area contributed by atoms with Crippen LogP contribution in [0, 0.1) is 0 Å². The van der Waals surface area contributed by atoms with Crippen molar-refractivity contribution in [2.24, 2.45) is 0 Å². The number of nitrogen functional groups attached to an aromatic ring is 1. The Morgan fingerprint density at radius 2 is 2.35 bits per heavy atom. The van der Waals surface area contributed by atoms with Crippen LogP contribution in [0.2, 0.25) is 0 Å². The third kappa shape index (κ3) is 2.23. The molecule has 2 aromatic rings. The van der Waals surface area contributed by atoms with Gasteiger partial charge in [0.05, 0.1) is 0 Å². The zero-order valence-corrected chi connectivity index (χ0v) is 9.66. The van der Waals surface area contributed by atoms with Crippen LogP contribution in [0.1, 0.15) is 15.4 Å². The Labute approximate surface area is 100 Å². The summed E-state index contributed by atoms with van der Waals surface area (Å²) in [7, 11) is 0. The molecule has 0 saturated heterocycles. The topological polar surface area (TPSA) is 101 Å². The number of carboxylic acid groups (broad SMARTS) is 1. The van der Waals surface area contributed by atoms with Crippen LogP contribution in [-0.2, 0) is 13.0 Å². The molecule has 0 aliphatic rings. The van der Waals surface area contributed by atoms with Gasteiger partial charge in [0, 0.05) is 11.4 Å². The van der Waals surface area contributed by atoms with Crippen LogP contribution in [-0.4, -0.2) is 20.6 Å². The van der Waals surface area contributed by atoms with E-state index in [2.05, 4.69) is 4.98 Å². The number of aromatic nitrogens is 2. The van der Waals surface area contributed by atoms with Gasteiger partial charge in [-0.1, -0.05) is 6.07 Å². The van der Waals surface area contributed by atoms with Crippen molar-refractivity contribution >= 4 is 23.1 Å². The van der Waals surface area contributed by atoms with Crippen molar-refractivity contribution in [1.82, 2.24) is 9.55 Å². The van der Waals surface area contributed by atoms with E-state index in [9.17, 15) is 9.59 Å². The number of aromatic carboxylic acids is 1. The van der Waals surface area contributed by atoms with E-state index in [-0.39, 0.29) is 11.5 Å². The molecule has 17 heavy (non-hydrogen) atoms. The number of nitrogens with one attached hydrogen (secondary N) is 1. The summed E-state index contributed by atoms with van der Waals surface area (Å²) in [5.41, 5.74) is 4.77. The van der Waals surface area contributed by atoms with Crippen molar-refractivity contribution in [1.29, 1.82) is 0 Å². The van der Waals surface area contributed by atoms with Crippen LogP contribution >= 0.6 is 11.3 Å². The number of thiophene rings is 1. The summed E-state index contributed by atoms with van der Waals surface area (Å²) in [6, 6.07) is 3.85. The summed E-state index contributed by atoms with van der Waals surface area (Å²) in [6.07, 6.45) is 0.606. The van der Waals surface area contributed by atoms with Gasteiger partial charge in [-0.25, -0.2) is 9.59 Å². The number of aromatic amines is 1. The summed E-state index contributed by atoms with van der Waals surface area (Å²) in [5, 5.41) is 10.9. The van der Waals surface area contributed by atoms with Gasteiger partial charge >= 0.3 is 11.7 Å². The number of carboxylic acids is 1. The summed E-state index contributed by atoms with van der Waals surface area (Å²) >= 11 is 1.56. The lowest BCUT2D eigenvalue weighted by molar-refractivity contribution is 0.0686. The number of rotatable bonds is 4. The quantitative estimate of drug-likeness (QED) is 0.748. The average molecular weight is 253 g/mol. The second-order valence-corrected chi connectivity index (χ2v) is 4.51. The standard InChI is InChI=1S/C10H11N3O3S/c11-8-7(9(14)15)13(10(16)12-8)4-3-6-2-1-5-17-6/h1-2,5H,3-4,11H2,(H,12,16)(H,14,15). The average Bonchev–Trinajstić information content (AvgIpc) is 2.83. The molecule has 0 radical (unpaired) electrons. The van der Waals surface area contributed by atoms with Gasteiger partial charge in [0.2, 0.25) is 0 Å². The number of nitrogens with two attached hydrogens (primary N) is 1. The second-order valence-electron chi connectivity index (χ2n) is 3.48. The maximum atomic E-state index is 11.5. The molecule has 2 heterocycles. The molecule has 0 amide bonds. The molecule has 6 nitrogen and oxygen atoms in total. The zero-order valence-electron chi connectivity index (χ0n) is 8.84. The van der Waals surface area contributed by atoms with E-state index in [1.165, 1.54) is 0 Å². The van der Waals surface area contributed by atoms with E-state index in [1.54, 1.807) is 11.3 Å². The molecule has 0 aliphatic carbocycles. The van der Waals surface area contributed by atoms with Crippen LogP contribution in [0.15, 0.2) is 22.3 Å². The van der Waals surface area contributed by atoms with Gasteiger partial charge in [0.15, 0.2) is 5.69 Å². The molecular formula is C10H11N3O3S. The Morgan fingerprint density at radius 1 is 1.59 bits per heavy atom. The highest BCUT2D eigenvalue weighted by Gasteiger charge is 2.18. The first-order valence-electron chi connectivity index (χ1n) is 4.93. The van der Waals surface area contributed by atoms with Gasteiger partial charge < -0.3 is 10.8 Å². The molecule has 0 saturated carbocycles. The van der Waals surface area contributed by atoms with Gasteiger partial charge in [0.25, 0.3) is 0 Å². The predicted octanol–water partition coefficient (Wildman–Crippen LogP) is 0.761. The highest BCUT2D eigenvalue weighted by Crippen LogP contribution is 2.12. The van der Waals surface area contributed by atoms with Gasteiger partial charge in [0.1, 0.15) is 5.82 Å². The first-order chi connectivity index (χ1) is 8.09. The summed E-state index contributed by atoms with van der Waals surface area (Å²) in [6.45, 7) is 0.300. The molecule has 2 aromatic heterocycles. The van der Waals surface area contributed by atoms with E-state index >= 15 is 0 Å². The molecule has 2 rings (SSSR count).